The molecule has 0 aromatic heterocycles. The Morgan fingerprint density at radius 1 is 0.318 bits per heavy atom. The van der Waals surface area contributed by atoms with E-state index in [9.17, 15) is 0 Å². The van der Waals surface area contributed by atoms with Crippen LogP contribution in [0.1, 0.15) is 0 Å². The van der Waals surface area contributed by atoms with Crippen molar-refractivity contribution in [2.75, 3.05) is 4.90 Å². The molecule has 0 saturated carbocycles. The van der Waals surface area contributed by atoms with E-state index >= 15 is 0 Å². The van der Waals surface area contributed by atoms with Gasteiger partial charge >= 0.3 is 0 Å². The van der Waals surface area contributed by atoms with Gasteiger partial charge < -0.3 is 9.64 Å². The summed E-state index contributed by atoms with van der Waals surface area (Å²) in [7, 11) is 0. The minimum atomic E-state index is 0.849. The molecule has 1 aliphatic rings. The van der Waals surface area contributed by atoms with Gasteiger partial charge in [-0.15, -0.1) is 0 Å². The monoisotopic (exact) mass is 561 g/mol. The molecule has 9 rings (SSSR count). The van der Waals surface area contributed by atoms with Crippen molar-refractivity contribution in [3.63, 3.8) is 0 Å². The first-order valence-electron chi connectivity index (χ1n) is 15.0. The second-order valence-electron chi connectivity index (χ2n) is 11.4. The molecule has 206 valence electrons. The summed E-state index contributed by atoms with van der Waals surface area (Å²) in [6, 6.07) is 58.6. The molecule has 0 aliphatic carbocycles. The van der Waals surface area contributed by atoms with Gasteiger partial charge in [-0.1, -0.05) is 115 Å². The summed E-state index contributed by atoms with van der Waals surface area (Å²) in [6.45, 7) is 0. The molecule has 44 heavy (non-hydrogen) atoms. The summed E-state index contributed by atoms with van der Waals surface area (Å²) in [6.07, 6.45) is 0. The third-order valence-corrected chi connectivity index (χ3v) is 8.79. The van der Waals surface area contributed by atoms with Crippen molar-refractivity contribution in [3.05, 3.63) is 164 Å². The highest BCUT2D eigenvalue weighted by atomic mass is 16.5. The van der Waals surface area contributed by atoms with Crippen LogP contribution in [0.25, 0.3) is 54.6 Å². The predicted octanol–water partition coefficient (Wildman–Crippen LogP) is 12.1. The van der Waals surface area contributed by atoms with Gasteiger partial charge in [0.2, 0.25) is 0 Å². The molecular weight excluding hydrogens is 534 g/mol. The van der Waals surface area contributed by atoms with Crippen LogP contribution in [0.4, 0.5) is 17.1 Å². The Hall–Kier alpha value is -5.86. The first kappa shape index (κ1) is 24.7. The highest BCUT2D eigenvalue weighted by molar-refractivity contribution is 6.25. The molecule has 0 radical (unpaired) electrons. The SMILES string of the molecule is c1ccc(-c2cc(-c3ccc4c5ccccc5c5ccccc5c4c3)cc(N3c4ccccc4Oc4ccccc43)c2)cc1. The van der Waals surface area contributed by atoms with Gasteiger partial charge in [-0.05, 0) is 103 Å². The Morgan fingerprint density at radius 3 is 1.41 bits per heavy atom. The van der Waals surface area contributed by atoms with Crippen molar-refractivity contribution >= 4 is 49.4 Å². The van der Waals surface area contributed by atoms with E-state index in [4.69, 9.17) is 4.74 Å². The summed E-state index contributed by atoms with van der Waals surface area (Å²) in [4.78, 5) is 2.33. The largest absolute Gasteiger partial charge is 0.453 e. The summed E-state index contributed by atoms with van der Waals surface area (Å²) in [5.74, 6) is 1.70. The van der Waals surface area contributed by atoms with Gasteiger partial charge in [-0.25, -0.2) is 0 Å². The number of ether oxygens (including phenoxy) is 1. The Labute approximate surface area is 256 Å². The maximum Gasteiger partial charge on any atom is 0.151 e. The molecule has 0 bridgehead atoms. The van der Waals surface area contributed by atoms with Crippen molar-refractivity contribution in [1.29, 1.82) is 0 Å². The molecule has 0 amide bonds. The third kappa shape index (κ3) is 3.89. The lowest BCUT2D eigenvalue weighted by molar-refractivity contribution is 0.477. The highest BCUT2D eigenvalue weighted by Crippen LogP contribution is 2.51. The smallest absolute Gasteiger partial charge is 0.151 e. The van der Waals surface area contributed by atoms with Crippen LogP contribution in [0, 0.1) is 0 Å². The molecule has 0 N–H and O–H groups in total. The molecule has 8 aromatic rings. The Kier molecular flexibility index (Phi) is 5.54. The number of rotatable bonds is 3. The second kappa shape index (κ2) is 9.86. The fraction of sp³-hybridized carbons (Fsp3) is 0. The van der Waals surface area contributed by atoms with E-state index < -0.39 is 0 Å². The van der Waals surface area contributed by atoms with E-state index in [0.717, 1.165) is 28.6 Å². The van der Waals surface area contributed by atoms with Crippen LogP contribution >= 0.6 is 0 Å². The zero-order valence-electron chi connectivity index (χ0n) is 23.9. The van der Waals surface area contributed by atoms with Crippen molar-refractivity contribution < 1.29 is 4.74 Å². The van der Waals surface area contributed by atoms with Crippen LogP contribution in [-0.2, 0) is 0 Å². The second-order valence-corrected chi connectivity index (χ2v) is 11.4. The first-order valence-corrected chi connectivity index (χ1v) is 15.0. The molecule has 2 nitrogen and oxygen atoms in total. The van der Waals surface area contributed by atoms with E-state index in [2.05, 4.69) is 144 Å². The summed E-state index contributed by atoms with van der Waals surface area (Å²) >= 11 is 0. The Balaban J connectivity index is 1.31. The van der Waals surface area contributed by atoms with Crippen LogP contribution in [0.5, 0.6) is 11.5 Å². The minimum absolute atomic E-state index is 0.849. The average Bonchev–Trinajstić information content (AvgIpc) is 3.10. The number of para-hydroxylation sites is 4. The number of hydrogen-bond acceptors (Lipinski definition) is 2. The molecule has 8 aromatic carbocycles. The Bertz CT molecular complexity index is 2290. The van der Waals surface area contributed by atoms with Crippen molar-refractivity contribution in [1.82, 2.24) is 0 Å². The van der Waals surface area contributed by atoms with Crippen LogP contribution in [0.15, 0.2) is 164 Å². The molecule has 0 saturated heterocycles. The van der Waals surface area contributed by atoms with Gasteiger partial charge in [0.25, 0.3) is 0 Å². The topological polar surface area (TPSA) is 12.5 Å². The number of hydrogen-bond donors (Lipinski definition) is 0. The molecular formula is C42H27NO. The quantitative estimate of drug-likeness (QED) is 0.199. The summed E-state index contributed by atoms with van der Waals surface area (Å²) in [5.41, 5.74) is 7.85. The van der Waals surface area contributed by atoms with E-state index in [0.29, 0.717) is 0 Å². The molecule has 0 unspecified atom stereocenters. The number of fused-ring (bicyclic) bond motifs is 8. The fourth-order valence-corrected chi connectivity index (χ4v) is 6.77. The van der Waals surface area contributed by atoms with Gasteiger partial charge in [-0.3, -0.25) is 0 Å². The van der Waals surface area contributed by atoms with Crippen molar-refractivity contribution in [2.24, 2.45) is 0 Å². The predicted molar refractivity (Wildman–Crippen MR) is 185 cm³/mol. The Morgan fingerprint density at radius 2 is 0.795 bits per heavy atom. The zero-order chi connectivity index (χ0) is 29.0. The van der Waals surface area contributed by atoms with Gasteiger partial charge in [0.05, 0.1) is 11.4 Å². The third-order valence-electron chi connectivity index (χ3n) is 8.79. The van der Waals surface area contributed by atoms with E-state index in [-0.39, 0.29) is 0 Å². The molecule has 2 heteroatoms. The van der Waals surface area contributed by atoms with Crippen LogP contribution in [0.3, 0.4) is 0 Å². The molecule has 0 spiro atoms. The van der Waals surface area contributed by atoms with E-state index in [1.165, 1.54) is 54.6 Å². The lowest BCUT2D eigenvalue weighted by atomic mass is 9.91. The van der Waals surface area contributed by atoms with Crippen molar-refractivity contribution in [2.45, 2.75) is 0 Å². The fourth-order valence-electron chi connectivity index (χ4n) is 6.77. The number of benzene rings is 8. The van der Waals surface area contributed by atoms with Gasteiger partial charge in [-0.2, -0.15) is 0 Å². The van der Waals surface area contributed by atoms with Crippen LogP contribution < -0.4 is 9.64 Å². The summed E-state index contributed by atoms with van der Waals surface area (Å²) < 4.78 is 6.34. The van der Waals surface area contributed by atoms with Crippen LogP contribution in [0.2, 0.25) is 0 Å². The number of nitrogens with zero attached hydrogens (tertiary/aromatic N) is 1. The highest BCUT2D eigenvalue weighted by Gasteiger charge is 2.26. The van der Waals surface area contributed by atoms with E-state index in [1.807, 2.05) is 24.3 Å². The van der Waals surface area contributed by atoms with E-state index in [1.54, 1.807) is 0 Å². The lowest BCUT2D eigenvalue weighted by Crippen LogP contribution is -2.15. The normalized spacial score (nSPS) is 12.2. The average molecular weight is 562 g/mol. The van der Waals surface area contributed by atoms with Gasteiger partial charge in [0, 0.05) is 5.69 Å². The maximum atomic E-state index is 6.34. The van der Waals surface area contributed by atoms with Crippen LogP contribution in [-0.4, -0.2) is 0 Å². The lowest BCUT2D eigenvalue weighted by Gasteiger charge is -2.33. The zero-order valence-corrected chi connectivity index (χ0v) is 23.9. The molecule has 0 fully saturated rings. The maximum absolute atomic E-state index is 6.34. The van der Waals surface area contributed by atoms with Crippen molar-refractivity contribution in [3.8, 4) is 33.8 Å². The van der Waals surface area contributed by atoms with Gasteiger partial charge in [0.15, 0.2) is 11.5 Å². The molecule has 1 aliphatic heterocycles. The minimum Gasteiger partial charge on any atom is -0.453 e. The number of anilines is 3. The van der Waals surface area contributed by atoms with Gasteiger partial charge in [0.1, 0.15) is 0 Å². The molecule has 0 atom stereocenters. The summed E-state index contributed by atoms with van der Waals surface area (Å²) in [5, 5.41) is 7.69. The molecule has 1 heterocycles. The first-order chi connectivity index (χ1) is 21.8. The standard InChI is InChI=1S/C42H27NO/c1-2-12-28(13-3-1)30-24-31(26-32(25-30)43-39-18-8-10-20-41(39)44-42-21-11-9-19-40(42)43)29-22-23-37-35-16-5-4-14-33(35)34-15-6-7-17-36(34)38(37)27-29/h1-27H.